The molecule has 2 rings (SSSR count). The van der Waals surface area contributed by atoms with Gasteiger partial charge in [-0.1, -0.05) is 30.7 Å². The van der Waals surface area contributed by atoms with Crippen molar-refractivity contribution in [3.8, 4) is 0 Å². The molecule has 1 aromatic carbocycles. The number of alkyl halides is 1. The maximum atomic E-state index is 14.0. The number of aromatic nitrogens is 2. The van der Waals surface area contributed by atoms with E-state index in [4.69, 9.17) is 23.2 Å². The van der Waals surface area contributed by atoms with Crippen LogP contribution in [0.4, 0.5) is 4.39 Å². The molecule has 0 spiro atoms. The Morgan fingerprint density at radius 2 is 2.05 bits per heavy atom. The van der Waals surface area contributed by atoms with Crippen LogP contribution in [-0.4, -0.2) is 9.78 Å². The van der Waals surface area contributed by atoms with Crippen molar-refractivity contribution in [1.82, 2.24) is 9.78 Å². The van der Waals surface area contributed by atoms with E-state index in [1.165, 1.54) is 0 Å². The van der Waals surface area contributed by atoms with Crippen LogP contribution in [-0.2, 0) is 6.54 Å². The van der Waals surface area contributed by atoms with E-state index >= 15 is 0 Å². The van der Waals surface area contributed by atoms with Crippen LogP contribution in [0.25, 0.3) is 0 Å². The minimum Gasteiger partial charge on any atom is -0.265 e. The van der Waals surface area contributed by atoms with Gasteiger partial charge in [0.05, 0.1) is 22.6 Å². The molecule has 0 saturated heterocycles. The van der Waals surface area contributed by atoms with Crippen molar-refractivity contribution >= 4 is 23.2 Å². The summed E-state index contributed by atoms with van der Waals surface area (Å²) < 4.78 is 15.7. The highest BCUT2D eigenvalue weighted by Crippen LogP contribution is 2.30. The first-order valence-corrected chi connectivity index (χ1v) is 7.38. The molecule has 2 aromatic rings. The van der Waals surface area contributed by atoms with Gasteiger partial charge in [-0.2, -0.15) is 5.10 Å². The third-order valence-electron chi connectivity index (χ3n) is 3.46. The highest BCUT2D eigenvalue weighted by atomic mass is 35.5. The molecule has 0 radical (unpaired) electrons. The molecule has 0 fully saturated rings. The Labute approximate surface area is 128 Å². The third-order valence-corrected chi connectivity index (χ3v) is 4.28. The lowest BCUT2D eigenvalue weighted by molar-refractivity contribution is 0.578. The number of benzene rings is 1. The van der Waals surface area contributed by atoms with Gasteiger partial charge in [0.1, 0.15) is 5.82 Å². The predicted molar refractivity (Wildman–Crippen MR) is 81.1 cm³/mol. The van der Waals surface area contributed by atoms with Gasteiger partial charge in [-0.05, 0) is 26.3 Å². The summed E-state index contributed by atoms with van der Waals surface area (Å²) in [6, 6.07) is 5.00. The normalized spacial score (nSPS) is 12.7. The van der Waals surface area contributed by atoms with Crippen molar-refractivity contribution in [2.45, 2.75) is 39.1 Å². The van der Waals surface area contributed by atoms with E-state index < -0.39 is 0 Å². The molecule has 20 heavy (non-hydrogen) atoms. The van der Waals surface area contributed by atoms with Crippen LogP contribution in [0.1, 0.15) is 41.2 Å². The SMILES string of the molecule is CCC(Cl)c1c(C)nn(Cc2cccc(Cl)c2F)c1C. The Morgan fingerprint density at radius 1 is 1.35 bits per heavy atom. The fourth-order valence-corrected chi connectivity index (χ4v) is 2.86. The monoisotopic (exact) mass is 314 g/mol. The number of nitrogens with zero attached hydrogens (tertiary/aromatic N) is 2. The molecule has 0 aliphatic heterocycles. The molecule has 108 valence electrons. The van der Waals surface area contributed by atoms with Gasteiger partial charge in [0.25, 0.3) is 0 Å². The largest absolute Gasteiger partial charge is 0.265 e. The average Bonchev–Trinajstić information content (AvgIpc) is 2.69. The topological polar surface area (TPSA) is 17.8 Å². The molecule has 0 amide bonds. The Hall–Kier alpha value is -1.06. The maximum Gasteiger partial charge on any atom is 0.146 e. The number of rotatable bonds is 4. The standard InChI is InChI=1S/C15H17Cl2FN2/c1-4-12(16)14-9(2)19-20(10(14)3)8-11-6-5-7-13(17)15(11)18/h5-7,12H,4,8H2,1-3H3. The summed E-state index contributed by atoms with van der Waals surface area (Å²) in [4.78, 5) is 0. The molecule has 1 atom stereocenters. The number of hydrogen-bond acceptors (Lipinski definition) is 1. The van der Waals surface area contributed by atoms with Crippen LogP contribution >= 0.6 is 23.2 Å². The highest BCUT2D eigenvalue weighted by molar-refractivity contribution is 6.30. The molecule has 0 aliphatic rings. The average molecular weight is 315 g/mol. The van der Waals surface area contributed by atoms with E-state index in [0.717, 1.165) is 23.4 Å². The van der Waals surface area contributed by atoms with Gasteiger partial charge in [-0.25, -0.2) is 4.39 Å². The van der Waals surface area contributed by atoms with Crippen LogP contribution in [0.5, 0.6) is 0 Å². The first-order valence-electron chi connectivity index (χ1n) is 6.56. The van der Waals surface area contributed by atoms with E-state index in [-0.39, 0.29) is 16.2 Å². The number of hydrogen-bond donors (Lipinski definition) is 0. The fourth-order valence-electron chi connectivity index (χ4n) is 2.35. The van der Waals surface area contributed by atoms with Gasteiger partial charge >= 0.3 is 0 Å². The molecule has 0 aliphatic carbocycles. The summed E-state index contributed by atoms with van der Waals surface area (Å²) in [6.07, 6.45) is 0.834. The van der Waals surface area contributed by atoms with E-state index in [0.29, 0.717) is 12.1 Å². The summed E-state index contributed by atoms with van der Waals surface area (Å²) in [5.74, 6) is -0.388. The second-order valence-corrected chi connectivity index (χ2v) is 5.76. The van der Waals surface area contributed by atoms with Crippen molar-refractivity contribution in [3.63, 3.8) is 0 Å². The zero-order valence-electron chi connectivity index (χ0n) is 11.8. The fraction of sp³-hybridized carbons (Fsp3) is 0.400. The molecule has 2 nitrogen and oxygen atoms in total. The second kappa shape index (κ2) is 6.15. The van der Waals surface area contributed by atoms with Crippen LogP contribution in [0, 0.1) is 19.7 Å². The zero-order valence-corrected chi connectivity index (χ0v) is 13.3. The summed E-state index contributed by atoms with van der Waals surface area (Å²) in [6.45, 7) is 6.28. The van der Waals surface area contributed by atoms with Gasteiger partial charge in [-0.3, -0.25) is 4.68 Å². The molecule has 1 unspecified atom stereocenters. The van der Waals surface area contributed by atoms with Gasteiger partial charge in [-0.15, -0.1) is 11.6 Å². The predicted octanol–water partition coefficient (Wildman–Crippen LogP) is 5.03. The third kappa shape index (κ3) is 2.84. The van der Waals surface area contributed by atoms with Crippen molar-refractivity contribution < 1.29 is 4.39 Å². The quantitative estimate of drug-likeness (QED) is 0.724. The zero-order chi connectivity index (χ0) is 14.9. The molecular formula is C15H17Cl2FN2. The summed E-state index contributed by atoms with van der Waals surface area (Å²) in [7, 11) is 0. The minimum absolute atomic E-state index is 0.0621. The van der Waals surface area contributed by atoms with Gasteiger partial charge in [0.15, 0.2) is 0 Å². The van der Waals surface area contributed by atoms with Crippen molar-refractivity contribution in [2.75, 3.05) is 0 Å². The van der Waals surface area contributed by atoms with Gasteiger partial charge < -0.3 is 0 Å². The number of aryl methyl sites for hydroxylation is 1. The van der Waals surface area contributed by atoms with E-state index in [9.17, 15) is 4.39 Å². The van der Waals surface area contributed by atoms with Crippen LogP contribution in [0.2, 0.25) is 5.02 Å². The summed E-state index contributed by atoms with van der Waals surface area (Å²) in [5.41, 5.74) is 3.43. The molecule has 0 bridgehead atoms. The van der Waals surface area contributed by atoms with Crippen molar-refractivity contribution in [1.29, 1.82) is 0 Å². The first kappa shape index (κ1) is 15.3. The van der Waals surface area contributed by atoms with Crippen molar-refractivity contribution in [2.24, 2.45) is 0 Å². The summed E-state index contributed by atoms with van der Waals surface area (Å²) in [5, 5.41) is 4.54. The van der Waals surface area contributed by atoms with E-state index in [1.807, 2.05) is 20.8 Å². The Bertz CT molecular complexity index is 623. The lowest BCUT2D eigenvalue weighted by Gasteiger charge is -2.09. The number of halogens is 3. The maximum absolute atomic E-state index is 14.0. The molecule has 0 saturated carbocycles. The van der Waals surface area contributed by atoms with Crippen molar-refractivity contribution in [3.05, 3.63) is 51.6 Å². The Balaban J connectivity index is 2.38. The molecule has 1 aromatic heterocycles. The van der Waals surface area contributed by atoms with Gasteiger partial charge in [0, 0.05) is 16.8 Å². The lowest BCUT2D eigenvalue weighted by Crippen LogP contribution is -2.06. The summed E-state index contributed by atoms with van der Waals surface area (Å²) >= 11 is 12.1. The highest BCUT2D eigenvalue weighted by Gasteiger charge is 2.18. The molecule has 0 N–H and O–H groups in total. The molecule has 1 heterocycles. The van der Waals surface area contributed by atoms with E-state index in [2.05, 4.69) is 5.10 Å². The minimum atomic E-state index is -0.388. The first-order chi connectivity index (χ1) is 9.45. The Kier molecular flexibility index (Phi) is 4.71. The molecular weight excluding hydrogens is 298 g/mol. The molecule has 5 heteroatoms. The Morgan fingerprint density at radius 3 is 2.70 bits per heavy atom. The van der Waals surface area contributed by atoms with E-state index in [1.54, 1.807) is 22.9 Å². The van der Waals surface area contributed by atoms with Crippen LogP contribution in [0.3, 0.4) is 0 Å². The second-order valence-electron chi connectivity index (χ2n) is 4.83. The van der Waals surface area contributed by atoms with Gasteiger partial charge in [0.2, 0.25) is 0 Å². The van der Waals surface area contributed by atoms with Crippen LogP contribution in [0.15, 0.2) is 18.2 Å². The smallest absolute Gasteiger partial charge is 0.146 e. The van der Waals surface area contributed by atoms with Crippen LogP contribution < -0.4 is 0 Å². The lowest BCUT2D eigenvalue weighted by atomic mass is 10.1.